The lowest BCUT2D eigenvalue weighted by Gasteiger charge is -2.09. The van der Waals surface area contributed by atoms with Gasteiger partial charge in [-0.15, -0.1) is 0 Å². The predicted octanol–water partition coefficient (Wildman–Crippen LogP) is 3.54. The molecule has 0 bridgehead atoms. The smallest absolute Gasteiger partial charge is 0.262 e. The molecule has 0 fully saturated rings. The van der Waals surface area contributed by atoms with E-state index in [0.717, 1.165) is 5.56 Å². The Balaban J connectivity index is 1.97. The van der Waals surface area contributed by atoms with Crippen molar-refractivity contribution in [3.8, 4) is 11.8 Å². The Morgan fingerprint density at radius 3 is 2.67 bits per heavy atom. The fourth-order valence-electron chi connectivity index (χ4n) is 1.69. The van der Waals surface area contributed by atoms with E-state index in [1.807, 2.05) is 37.3 Å². The third-order valence-corrected chi connectivity index (χ3v) is 2.99. The number of nitriles is 1. The Kier molecular flexibility index (Phi) is 4.81. The fourth-order valence-corrected chi connectivity index (χ4v) is 1.85. The second kappa shape index (κ2) is 6.78. The highest BCUT2D eigenvalue weighted by Gasteiger charge is 2.08. The summed E-state index contributed by atoms with van der Waals surface area (Å²) in [4.78, 5) is 11.8. The zero-order valence-corrected chi connectivity index (χ0v) is 12.1. The van der Waals surface area contributed by atoms with Gasteiger partial charge in [-0.3, -0.25) is 4.79 Å². The molecule has 0 unspecified atom stereocenters. The van der Waals surface area contributed by atoms with Crippen LogP contribution in [0.1, 0.15) is 11.1 Å². The number of carbonyl (C=O) groups is 1. The van der Waals surface area contributed by atoms with E-state index < -0.39 is 0 Å². The average Bonchev–Trinajstić information content (AvgIpc) is 2.48. The molecule has 0 aromatic heterocycles. The molecular weight excluding hydrogens is 288 g/mol. The maximum atomic E-state index is 11.8. The van der Waals surface area contributed by atoms with Crippen LogP contribution < -0.4 is 10.1 Å². The molecule has 5 heteroatoms. The molecule has 0 aliphatic carbocycles. The first-order chi connectivity index (χ1) is 10.1. The minimum absolute atomic E-state index is 0.192. The van der Waals surface area contributed by atoms with Crippen molar-refractivity contribution < 1.29 is 9.53 Å². The van der Waals surface area contributed by atoms with Gasteiger partial charge in [0.25, 0.3) is 5.91 Å². The number of carbonyl (C=O) groups excluding carboxylic acids is 1. The highest BCUT2D eigenvalue weighted by atomic mass is 35.5. The van der Waals surface area contributed by atoms with Crippen LogP contribution in [-0.4, -0.2) is 12.5 Å². The second-order valence-corrected chi connectivity index (χ2v) is 4.89. The summed E-state index contributed by atoms with van der Waals surface area (Å²) in [6.45, 7) is 1.78. The number of ether oxygens (including phenoxy) is 1. The number of nitrogens with one attached hydrogen (secondary N) is 1. The zero-order chi connectivity index (χ0) is 15.2. The molecule has 2 rings (SSSR count). The molecule has 0 heterocycles. The highest BCUT2D eigenvalue weighted by molar-refractivity contribution is 6.30. The van der Waals surface area contributed by atoms with E-state index in [0.29, 0.717) is 22.0 Å². The van der Waals surface area contributed by atoms with Gasteiger partial charge in [-0.25, -0.2) is 0 Å². The van der Waals surface area contributed by atoms with Gasteiger partial charge in [0.1, 0.15) is 11.8 Å². The summed E-state index contributed by atoms with van der Waals surface area (Å²) in [7, 11) is 0. The Morgan fingerprint density at radius 1 is 1.29 bits per heavy atom. The van der Waals surface area contributed by atoms with Gasteiger partial charge < -0.3 is 10.1 Å². The molecule has 0 radical (unpaired) electrons. The summed E-state index contributed by atoms with van der Waals surface area (Å²) >= 11 is 5.84. The van der Waals surface area contributed by atoms with E-state index in [-0.39, 0.29) is 12.5 Å². The molecule has 0 saturated heterocycles. The van der Waals surface area contributed by atoms with Gasteiger partial charge in [0, 0.05) is 16.8 Å². The molecule has 0 saturated carbocycles. The molecule has 1 amide bonds. The van der Waals surface area contributed by atoms with Crippen LogP contribution in [0.15, 0.2) is 42.5 Å². The van der Waals surface area contributed by atoms with E-state index in [2.05, 4.69) is 5.32 Å². The van der Waals surface area contributed by atoms with Gasteiger partial charge in [0.2, 0.25) is 0 Å². The van der Waals surface area contributed by atoms with Crippen LogP contribution in [0.4, 0.5) is 5.69 Å². The fraction of sp³-hybridized carbons (Fsp3) is 0.125. The standard InChI is InChI=1S/C16H13ClN2O2/c1-11-2-6-14(7-3-11)19-16(20)10-21-15-8-13(17)5-4-12(15)9-18/h2-8H,10H2,1H3,(H,19,20). The van der Waals surface area contributed by atoms with E-state index in [4.69, 9.17) is 21.6 Å². The van der Waals surface area contributed by atoms with E-state index >= 15 is 0 Å². The average molecular weight is 301 g/mol. The number of anilines is 1. The summed E-state index contributed by atoms with van der Waals surface area (Å²) in [5.74, 6) is -0.00762. The second-order valence-electron chi connectivity index (χ2n) is 4.46. The summed E-state index contributed by atoms with van der Waals surface area (Å²) < 4.78 is 5.35. The minimum Gasteiger partial charge on any atom is -0.482 e. The molecule has 0 spiro atoms. The number of rotatable bonds is 4. The van der Waals surface area contributed by atoms with Crippen molar-refractivity contribution >= 4 is 23.2 Å². The van der Waals surface area contributed by atoms with Gasteiger partial charge in [-0.2, -0.15) is 5.26 Å². The third kappa shape index (κ3) is 4.23. The molecule has 0 aliphatic rings. The van der Waals surface area contributed by atoms with Gasteiger partial charge in [-0.05, 0) is 31.2 Å². The lowest BCUT2D eigenvalue weighted by molar-refractivity contribution is -0.118. The van der Waals surface area contributed by atoms with Crippen molar-refractivity contribution in [2.45, 2.75) is 6.92 Å². The Morgan fingerprint density at radius 2 is 2.00 bits per heavy atom. The highest BCUT2D eigenvalue weighted by Crippen LogP contribution is 2.22. The molecule has 1 N–H and O–H groups in total. The number of hydrogen-bond acceptors (Lipinski definition) is 3. The summed E-state index contributed by atoms with van der Waals surface area (Å²) in [5, 5.41) is 12.1. The van der Waals surface area contributed by atoms with Gasteiger partial charge in [0.05, 0.1) is 5.56 Å². The van der Waals surface area contributed by atoms with Crippen LogP contribution in [0.3, 0.4) is 0 Å². The van der Waals surface area contributed by atoms with Crippen molar-refractivity contribution in [2.24, 2.45) is 0 Å². The van der Waals surface area contributed by atoms with E-state index in [1.54, 1.807) is 12.1 Å². The van der Waals surface area contributed by atoms with E-state index in [1.165, 1.54) is 6.07 Å². The molecule has 21 heavy (non-hydrogen) atoms. The van der Waals surface area contributed by atoms with Crippen LogP contribution in [0.25, 0.3) is 0 Å². The number of aryl methyl sites for hydroxylation is 1. The van der Waals surface area contributed by atoms with Crippen LogP contribution in [0, 0.1) is 18.3 Å². The van der Waals surface area contributed by atoms with Crippen molar-refractivity contribution in [3.05, 3.63) is 58.6 Å². The molecule has 4 nitrogen and oxygen atoms in total. The first kappa shape index (κ1) is 14.9. The van der Waals surface area contributed by atoms with Crippen molar-refractivity contribution in [2.75, 3.05) is 11.9 Å². The Bertz CT molecular complexity index is 690. The number of benzene rings is 2. The lowest BCUT2D eigenvalue weighted by Crippen LogP contribution is -2.20. The van der Waals surface area contributed by atoms with Crippen molar-refractivity contribution in [1.29, 1.82) is 5.26 Å². The quantitative estimate of drug-likeness (QED) is 0.939. The normalized spacial score (nSPS) is 9.76. The number of hydrogen-bond donors (Lipinski definition) is 1. The molecular formula is C16H13ClN2O2. The number of amides is 1. The summed E-state index contributed by atoms with van der Waals surface area (Å²) in [6, 6.07) is 14.1. The molecule has 106 valence electrons. The van der Waals surface area contributed by atoms with Crippen molar-refractivity contribution in [1.82, 2.24) is 0 Å². The predicted molar refractivity (Wildman–Crippen MR) is 81.5 cm³/mol. The van der Waals surface area contributed by atoms with Crippen LogP contribution in [0.2, 0.25) is 5.02 Å². The SMILES string of the molecule is Cc1ccc(NC(=O)COc2cc(Cl)ccc2C#N)cc1. The zero-order valence-electron chi connectivity index (χ0n) is 11.4. The van der Waals surface area contributed by atoms with Gasteiger partial charge in [0.15, 0.2) is 6.61 Å². The monoisotopic (exact) mass is 300 g/mol. The number of nitrogens with zero attached hydrogens (tertiary/aromatic N) is 1. The topological polar surface area (TPSA) is 62.1 Å². The van der Waals surface area contributed by atoms with Crippen LogP contribution in [-0.2, 0) is 4.79 Å². The largest absolute Gasteiger partial charge is 0.482 e. The summed E-state index contributed by atoms with van der Waals surface area (Å²) in [6.07, 6.45) is 0. The summed E-state index contributed by atoms with van der Waals surface area (Å²) in [5.41, 5.74) is 2.14. The molecule has 0 atom stereocenters. The first-order valence-electron chi connectivity index (χ1n) is 6.27. The molecule has 0 aliphatic heterocycles. The maximum Gasteiger partial charge on any atom is 0.262 e. The Labute approximate surface area is 127 Å². The van der Waals surface area contributed by atoms with Gasteiger partial charge in [-0.1, -0.05) is 29.3 Å². The Hall–Kier alpha value is -2.51. The van der Waals surface area contributed by atoms with E-state index in [9.17, 15) is 4.79 Å². The van der Waals surface area contributed by atoms with Crippen LogP contribution >= 0.6 is 11.6 Å². The van der Waals surface area contributed by atoms with Crippen LogP contribution in [0.5, 0.6) is 5.75 Å². The molecule has 2 aromatic rings. The van der Waals surface area contributed by atoms with Gasteiger partial charge >= 0.3 is 0 Å². The lowest BCUT2D eigenvalue weighted by atomic mass is 10.2. The number of halogens is 1. The first-order valence-corrected chi connectivity index (χ1v) is 6.65. The van der Waals surface area contributed by atoms with Crippen molar-refractivity contribution in [3.63, 3.8) is 0 Å². The minimum atomic E-state index is -0.303. The molecule has 2 aromatic carbocycles. The maximum absolute atomic E-state index is 11.8. The third-order valence-electron chi connectivity index (χ3n) is 2.76.